The minimum absolute atomic E-state index is 0.202. The van der Waals surface area contributed by atoms with E-state index < -0.39 is 0 Å². The Morgan fingerprint density at radius 2 is 1.72 bits per heavy atom. The zero-order valence-corrected chi connectivity index (χ0v) is 16.9. The number of aryl methyl sites for hydroxylation is 2. The molecule has 1 amide bonds. The minimum Gasteiger partial charge on any atom is -0.326 e. The van der Waals surface area contributed by atoms with Crippen LogP contribution in [0.15, 0.2) is 77.9 Å². The van der Waals surface area contributed by atoms with Gasteiger partial charge in [-0.15, -0.1) is 0 Å². The van der Waals surface area contributed by atoms with E-state index in [9.17, 15) is 4.79 Å². The third-order valence-electron chi connectivity index (χ3n) is 4.58. The molecule has 0 spiro atoms. The highest BCUT2D eigenvalue weighted by atomic mass is 16.1. The summed E-state index contributed by atoms with van der Waals surface area (Å²) in [5.41, 5.74) is 4.71. The number of rotatable bonds is 6. The number of carbonyl (C=O) groups excluding carboxylic acids is 1. The van der Waals surface area contributed by atoms with Gasteiger partial charge in [0, 0.05) is 17.4 Å². The molecular weight excluding hydrogens is 360 g/mol. The Bertz CT molecular complexity index is 966. The summed E-state index contributed by atoms with van der Waals surface area (Å²) in [5, 5.41) is 6.14. The van der Waals surface area contributed by atoms with Gasteiger partial charge in [-0.05, 0) is 60.4 Å². The molecule has 0 atom stereocenters. The fraction of sp³-hybridized carbons (Fsp3) is 0.208. The summed E-state index contributed by atoms with van der Waals surface area (Å²) < 4.78 is 0. The highest BCUT2D eigenvalue weighted by Gasteiger charge is 2.10. The molecule has 2 N–H and O–H groups in total. The van der Waals surface area contributed by atoms with Crippen LogP contribution in [-0.4, -0.2) is 16.9 Å². The quantitative estimate of drug-likeness (QED) is 0.480. The number of nitrogens with zero attached hydrogens (tertiary/aromatic N) is 2. The van der Waals surface area contributed by atoms with Crippen LogP contribution in [0.1, 0.15) is 41.0 Å². The van der Waals surface area contributed by atoms with Crippen LogP contribution in [0.4, 0.5) is 5.69 Å². The Morgan fingerprint density at radius 1 is 0.931 bits per heavy atom. The summed E-state index contributed by atoms with van der Waals surface area (Å²) in [4.78, 5) is 21.6. The van der Waals surface area contributed by atoms with Crippen molar-refractivity contribution >= 4 is 17.6 Å². The number of hydrogen-bond acceptors (Lipinski definition) is 3. The Balaban J connectivity index is 1.79. The molecule has 2 aromatic carbocycles. The van der Waals surface area contributed by atoms with Gasteiger partial charge in [-0.2, -0.15) is 0 Å². The van der Waals surface area contributed by atoms with Crippen molar-refractivity contribution in [1.29, 1.82) is 0 Å². The second-order valence-electron chi connectivity index (χ2n) is 6.67. The van der Waals surface area contributed by atoms with Gasteiger partial charge in [0.05, 0.1) is 12.2 Å². The molecule has 0 saturated heterocycles. The van der Waals surface area contributed by atoms with Crippen molar-refractivity contribution in [3.05, 3.63) is 95.3 Å². The van der Waals surface area contributed by atoms with Gasteiger partial charge in [0.25, 0.3) is 5.91 Å². The van der Waals surface area contributed by atoms with Gasteiger partial charge in [-0.1, -0.05) is 44.2 Å². The van der Waals surface area contributed by atoms with Crippen LogP contribution in [0.3, 0.4) is 0 Å². The van der Waals surface area contributed by atoms with E-state index in [2.05, 4.69) is 46.6 Å². The van der Waals surface area contributed by atoms with Crippen molar-refractivity contribution in [3.8, 4) is 0 Å². The highest BCUT2D eigenvalue weighted by molar-refractivity contribution is 6.09. The molecule has 3 aromatic rings. The second-order valence-corrected chi connectivity index (χ2v) is 6.67. The lowest BCUT2D eigenvalue weighted by molar-refractivity contribution is 0.0977. The van der Waals surface area contributed by atoms with E-state index in [1.807, 2.05) is 54.6 Å². The smallest absolute Gasteiger partial charge is 0.257 e. The van der Waals surface area contributed by atoms with Crippen LogP contribution >= 0.6 is 0 Å². The molecule has 0 fully saturated rings. The zero-order valence-electron chi connectivity index (χ0n) is 16.9. The predicted molar refractivity (Wildman–Crippen MR) is 118 cm³/mol. The molecule has 0 aliphatic heterocycles. The molecule has 1 heterocycles. The molecule has 29 heavy (non-hydrogen) atoms. The third-order valence-corrected chi connectivity index (χ3v) is 4.58. The van der Waals surface area contributed by atoms with Crippen LogP contribution < -0.4 is 10.6 Å². The molecule has 148 valence electrons. The van der Waals surface area contributed by atoms with E-state index in [1.165, 1.54) is 11.1 Å². The summed E-state index contributed by atoms with van der Waals surface area (Å²) in [6.45, 7) is 4.56. The number of anilines is 1. The maximum Gasteiger partial charge on any atom is 0.257 e. The van der Waals surface area contributed by atoms with Gasteiger partial charge in [-0.3, -0.25) is 15.1 Å². The number of aliphatic imine (C=N–C) groups is 1. The average molecular weight is 386 g/mol. The summed E-state index contributed by atoms with van der Waals surface area (Å²) in [6, 6.07) is 21.4. The molecule has 0 aliphatic carbocycles. The first-order valence-corrected chi connectivity index (χ1v) is 9.88. The molecule has 0 radical (unpaired) electrons. The minimum atomic E-state index is -0.202. The van der Waals surface area contributed by atoms with Gasteiger partial charge < -0.3 is 5.32 Å². The van der Waals surface area contributed by atoms with Crippen LogP contribution in [0, 0.1) is 0 Å². The van der Waals surface area contributed by atoms with E-state index in [1.54, 1.807) is 6.20 Å². The van der Waals surface area contributed by atoms with Crippen LogP contribution in [0.25, 0.3) is 0 Å². The van der Waals surface area contributed by atoms with E-state index in [-0.39, 0.29) is 5.91 Å². The molecule has 0 saturated carbocycles. The Labute approximate surface area is 171 Å². The van der Waals surface area contributed by atoms with Crippen LogP contribution in [-0.2, 0) is 19.4 Å². The first-order chi connectivity index (χ1) is 14.2. The molecule has 1 aromatic heterocycles. The number of amides is 1. The van der Waals surface area contributed by atoms with Crippen molar-refractivity contribution in [2.75, 3.05) is 5.32 Å². The van der Waals surface area contributed by atoms with Crippen molar-refractivity contribution in [2.24, 2.45) is 4.99 Å². The standard InChI is InChI=1S/C24H26N4O/c1-3-18-11-13-20(14-12-18)23(29)28-24(26-17-22-9-5-6-15-25-22)27-21-10-7-8-19(4-2)16-21/h5-16H,3-4,17H2,1-2H3,(H2,26,27,28,29). The number of pyridine rings is 1. The molecule has 0 bridgehead atoms. The Kier molecular flexibility index (Phi) is 7.11. The third kappa shape index (κ3) is 6.01. The zero-order chi connectivity index (χ0) is 20.5. The van der Waals surface area contributed by atoms with Crippen molar-refractivity contribution in [1.82, 2.24) is 10.3 Å². The maximum atomic E-state index is 12.7. The lowest BCUT2D eigenvalue weighted by atomic mass is 10.1. The molecule has 5 nitrogen and oxygen atoms in total. The van der Waals surface area contributed by atoms with Gasteiger partial charge in [-0.25, -0.2) is 4.99 Å². The topological polar surface area (TPSA) is 66.4 Å². The number of nitrogens with one attached hydrogen (secondary N) is 2. The lowest BCUT2D eigenvalue weighted by Gasteiger charge is -2.13. The largest absolute Gasteiger partial charge is 0.326 e. The second kappa shape index (κ2) is 10.2. The van der Waals surface area contributed by atoms with E-state index in [4.69, 9.17) is 0 Å². The van der Waals surface area contributed by atoms with Gasteiger partial charge in [0.15, 0.2) is 0 Å². The maximum absolute atomic E-state index is 12.7. The fourth-order valence-electron chi connectivity index (χ4n) is 2.84. The highest BCUT2D eigenvalue weighted by Crippen LogP contribution is 2.12. The monoisotopic (exact) mass is 386 g/mol. The first-order valence-electron chi connectivity index (χ1n) is 9.88. The molecule has 0 unspecified atom stereocenters. The molecule has 0 aliphatic rings. The molecule has 5 heteroatoms. The Hall–Kier alpha value is -3.47. The normalized spacial score (nSPS) is 11.2. The van der Waals surface area contributed by atoms with Crippen molar-refractivity contribution < 1.29 is 4.79 Å². The first kappa shape index (κ1) is 20.3. The summed E-state index contributed by atoms with van der Waals surface area (Å²) >= 11 is 0. The summed E-state index contributed by atoms with van der Waals surface area (Å²) in [7, 11) is 0. The number of aromatic nitrogens is 1. The fourth-order valence-corrected chi connectivity index (χ4v) is 2.84. The Morgan fingerprint density at radius 3 is 2.41 bits per heavy atom. The number of carbonyl (C=O) groups is 1. The average Bonchev–Trinajstić information content (AvgIpc) is 2.78. The van der Waals surface area contributed by atoms with Gasteiger partial charge in [0.1, 0.15) is 0 Å². The summed E-state index contributed by atoms with van der Waals surface area (Å²) in [5.74, 6) is 0.194. The van der Waals surface area contributed by atoms with Gasteiger partial charge >= 0.3 is 0 Å². The number of hydrogen-bond donors (Lipinski definition) is 2. The molecular formula is C24H26N4O. The number of guanidine groups is 1. The SMILES string of the molecule is CCc1ccc(C(=O)NC(=NCc2ccccn2)Nc2cccc(CC)c2)cc1. The molecule has 3 rings (SSSR count). The number of benzene rings is 2. The van der Waals surface area contributed by atoms with Crippen LogP contribution in [0.5, 0.6) is 0 Å². The van der Waals surface area contributed by atoms with Crippen LogP contribution in [0.2, 0.25) is 0 Å². The van der Waals surface area contributed by atoms with E-state index in [0.29, 0.717) is 18.1 Å². The van der Waals surface area contributed by atoms with Crippen molar-refractivity contribution in [3.63, 3.8) is 0 Å². The van der Waals surface area contributed by atoms with Crippen molar-refractivity contribution in [2.45, 2.75) is 33.2 Å². The lowest BCUT2D eigenvalue weighted by Crippen LogP contribution is -2.36. The van der Waals surface area contributed by atoms with E-state index in [0.717, 1.165) is 24.2 Å². The van der Waals surface area contributed by atoms with Gasteiger partial charge in [0.2, 0.25) is 5.96 Å². The summed E-state index contributed by atoms with van der Waals surface area (Å²) in [6.07, 6.45) is 3.61. The predicted octanol–water partition coefficient (Wildman–Crippen LogP) is 4.60. The van der Waals surface area contributed by atoms with E-state index >= 15 is 0 Å².